The first-order chi connectivity index (χ1) is 20.5. The summed E-state index contributed by atoms with van der Waals surface area (Å²) in [5.74, 6) is -0.380. The van der Waals surface area contributed by atoms with Gasteiger partial charge in [-0.15, -0.1) is 0 Å². The van der Waals surface area contributed by atoms with Gasteiger partial charge in [0.05, 0.1) is 32.8 Å². The summed E-state index contributed by atoms with van der Waals surface area (Å²) in [6.45, 7) is 4.07. The zero-order valence-corrected chi connectivity index (χ0v) is 24.1. The van der Waals surface area contributed by atoms with Gasteiger partial charge in [-0.25, -0.2) is 0 Å². The summed E-state index contributed by atoms with van der Waals surface area (Å²) in [6.07, 6.45) is 2.20. The molecule has 2 heterocycles. The standard InChI is InChI=1S/C30H40N4O8/c1-38-23-11-17(12-24(39-2)29(23)36)26-18-13-21-22(42-16-41-21)14-19(18)28(20-15-40-30(37)27(20)26)34-25(35)5-10-33-9-4-8-32-7-3-6-31/h11-14,20,26-28,32-33,36H,3-10,15-16,31H2,1-2H3,(H,34,35). The first kappa shape index (κ1) is 29.7. The van der Waals surface area contributed by atoms with E-state index in [4.69, 9.17) is 29.4 Å². The molecule has 1 aliphatic carbocycles. The van der Waals surface area contributed by atoms with Crippen molar-refractivity contribution in [1.82, 2.24) is 16.0 Å². The maximum atomic E-state index is 13.3. The lowest BCUT2D eigenvalue weighted by atomic mass is 9.65. The number of ether oxygens (including phenoxy) is 5. The summed E-state index contributed by atoms with van der Waals surface area (Å²) in [5.41, 5.74) is 7.85. The van der Waals surface area contributed by atoms with E-state index in [-0.39, 0.29) is 48.4 Å². The summed E-state index contributed by atoms with van der Waals surface area (Å²) in [7, 11) is 2.91. The van der Waals surface area contributed by atoms with Crippen LogP contribution in [0.1, 0.15) is 47.9 Å². The van der Waals surface area contributed by atoms with Crippen molar-refractivity contribution in [1.29, 1.82) is 0 Å². The molecule has 228 valence electrons. The van der Waals surface area contributed by atoms with Crippen molar-refractivity contribution in [2.75, 3.05) is 60.3 Å². The van der Waals surface area contributed by atoms with Gasteiger partial charge in [0, 0.05) is 24.8 Å². The number of hydrogen-bond acceptors (Lipinski definition) is 11. The average Bonchev–Trinajstić information content (AvgIpc) is 3.62. The number of nitrogens with one attached hydrogen (secondary N) is 3. The number of carbonyl (C=O) groups excluding carboxylic acids is 2. The van der Waals surface area contributed by atoms with Gasteiger partial charge in [0.1, 0.15) is 0 Å². The molecule has 2 aromatic carbocycles. The molecule has 1 saturated heterocycles. The number of benzene rings is 2. The smallest absolute Gasteiger partial charge is 0.310 e. The van der Waals surface area contributed by atoms with Gasteiger partial charge in [-0.1, -0.05) is 0 Å². The van der Waals surface area contributed by atoms with Crippen molar-refractivity contribution in [3.63, 3.8) is 0 Å². The van der Waals surface area contributed by atoms with Gasteiger partial charge >= 0.3 is 5.97 Å². The molecule has 6 N–H and O–H groups in total. The molecule has 0 radical (unpaired) electrons. The van der Waals surface area contributed by atoms with Crippen molar-refractivity contribution in [3.8, 4) is 28.7 Å². The number of phenolic OH excluding ortho intramolecular Hbond substituents is 1. The van der Waals surface area contributed by atoms with Crippen LogP contribution in [0.15, 0.2) is 24.3 Å². The second-order valence-corrected chi connectivity index (χ2v) is 10.7. The second-order valence-electron chi connectivity index (χ2n) is 10.7. The van der Waals surface area contributed by atoms with E-state index >= 15 is 0 Å². The first-order valence-corrected chi connectivity index (χ1v) is 14.4. The summed E-state index contributed by atoms with van der Waals surface area (Å²) >= 11 is 0. The molecular formula is C30H40N4O8. The fourth-order valence-corrected chi connectivity index (χ4v) is 6.10. The van der Waals surface area contributed by atoms with Crippen LogP contribution in [0.3, 0.4) is 0 Å². The number of rotatable bonds is 14. The largest absolute Gasteiger partial charge is 0.502 e. The molecule has 2 aromatic rings. The van der Waals surface area contributed by atoms with Crippen LogP contribution in [0.25, 0.3) is 0 Å². The minimum atomic E-state index is -0.591. The lowest BCUT2D eigenvalue weighted by Gasteiger charge is -2.39. The third kappa shape index (κ3) is 6.06. The molecule has 12 nitrogen and oxygen atoms in total. The highest BCUT2D eigenvalue weighted by atomic mass is 16.7. The number of hydrogen-bond donors (Lipinski definition) is 5. The number of cyclic esters (lactones) is 1. The number of aromatic hydroxyl groups is 1. The van der Waals surface area contributed by atoms with E-state index in [1.807, 2.05) is 12.1 Å². The maximum absolute atomic E-state index is 13.3. The summed E-state index contributed by atoms with van der Waals surface area (Å²) in [5, 5.41) is 20.4. The van der Waals surface area contributed by atoms with Gasteiger partial charge < -0.3 is 50.5 Å². The third-order valence-electron chi connectivity index (χ3n) is 8.16. The van der Waals surface area contributed by atoms with Crippen molar-refractivity contribution in [2.45, 2.75) is 31.2 Å². The molecule has 4 atom stereocenters. The van der Waals surface area contributed by atoms with Crippen molar-refractivity contribution in [3.05, 3.63) is 41.0 Å². The molecule has 0 spiro atoms. The molecule has 0 saturated carbocycles. The molecule has 2 aliphatic heterocycles. The molecule has 1 amide bonds. The van der Waals surface area contributed by atoms with E-state index in [1.54, 1.807) is 12.1 Å². The lowest BCUT2D eigenvalue weighted by Crippen LogP contribution is -2.43. The van der Waals surface area contributed by atoms with E-state index in [1.165, 1.54) is 14.2 Å². The topological polar surface area (TPSA) is 163 Å². The van der Waals surface area contributed by atoms with E-state index < -0.39 is 17.9 Å². The number of methoxy groups -OCH3 is 2. The molecule has 0 bridgehead atoms. The monoisotopic (exact) mass is 584 g/mol. The van der Waals surface area contributed by atoms with Gasteiger partial charge in [0.2, 0.25) is 18.4 Å². The Bertz CT molecular complexity index is 1260. The second kappa shape index (κ2) is 13.5. The van der Waals surface area contributed by atoms with Gasteiger partial charge in [-0.2, -0.15) is 0 Å². The Balaban J connectivity index is 1.38. The summed E-state index contributed by atoms with van der Waals surface area (Å²) < 4.78 is 27.8. The molecule has 12 heteroatoms. The van der Waals surface area contributed by atoms with Gasteiger partial charge in [0.25, 0.3) is 0 Å². The van der Waals surface area contributed by atoms with E-state index in [9.17, 15) is 14.7 Å². The van der Waals surface area contributed by atoms with Crippen LogP contribution in [0.2, 0.25) is 0 Å². The Kier molecular flexibility index (Phi) is 9.55. The number of phenols is 1. The minimum Gasteiger partial charge on any atom is -0.502 e. The van der Waals surface area contributed by atoms with Crippen molar-refractivity contribution >= 4 is 11.9 Å². The van der Waals surface area contributed by atoms with E-state index in [0.717, 1.165) is 43.6 Å². The zero-order valence-electron chi connectivity index (χ0n) is 24.1. The normalized spacial score (nSPS) is 21.8. The van der Waals surface area contributed by atoms with Crippen LogP contribution >= 0.6 is 0 Å². The Morgan fingerprint density at radius 3 is 2.26 bits per heavy atom. The SMILES string of the molecule is COc1cc(C2c3cc4c(cc3C(NC(=O)CCNCCCNCCCN)C3COC(=O)C23)OCO4)cc(OC)c1O. The highest BCUT2D eigenvalue weighted by Gasteiger charge is 2.53. The van der Waals surface area contributed by atoms with Crippen LogP contribution in [0, 0.1) is 11.8 Å². The Hall–Kier alpha value is -3.74. The fraction of sp³-hybridized carbons (Fsp3) is 0.533. The molecule has 42 heavy (non-hydrogen) atoms. The Labute approximate surface area is 245 Å². The number of amides is 1. The van der Waals surface area contributed by atoms with E-state index in [0.29, 0.717) is 36.6 Å². The van der Waals surface area contributed by atoms with Gasteiger partial charge in [0.15, 0.2) is 23.0 Å². The lowest BCUT2D eigenvalue weighted by molar-refractivity contribution is -0.141. The number of esters is 1. The highest BCUT2D eigenvalue weighted by Crippen LogP contribution is 2.55. The average molecular weight is 585 g/mol. The van der Waals surface area contributed by atoms with Gasteiger partial charge in [-0.3, -0.25) is 9.59 Å². The number of nitrogens with two attached hydrogens (primary N) is 1. The summed E-state index contributed by atoms with van der Waals surface area (Å²) in [6, 6.07) is 6.70. The fourth-order valence-electron chi connectivity index (χ4n) is 6.10. The highest BCUT2D eigenvalue weighted by molar-refractivity contribution is 5.81. The van der Waals surface area contributed by atoms with Crippen LogP contribution in [-0.2, 0) is 14.3 Å². The quantitative estimate of drug-likeness (QED) is 0.162. The van der Waals surface area contributed by atoms with E-state index in [2.05, 4.69) is 16.0 Å². The molecular weight excluding hydrogens is 544 g/mol. The zero-order chi connectivity index (χ0) is 29.6. The number of fused-ring (bicyclic) bond motifs is 3. The van der Waals surface area contributed by atoms with Crippen LogP contribution in [-0.4, -0.2) is 77.3 Å². The Morgan fingerprint density at radius 2 is 1.60 bits per heavy atom. The van der Waals surface area contributed by atoms with Crippen molar-refractivity contribution < 1.29 is 38.4 Å². The molecule has 5 rings (SSSR count). The third-order valence-corrected chi connectivity index (χ3v) is 8.16. The predicted molar refractivity (Wildman–Crippen MR) is 153 cm³/mol. The van der Waals surface area contributed by atoms with Crippen LogP contribution in [0.4, 0.5) is 0 Å². The molecule has 1 fully saturated rings. The maximum Gasteiger partial charge on any atom is 0.310 e. The predicted octanol–water partition coefficient (Wildman–Crippen LogP) is 1.54. The molecule has 4 unspecified atom stereocenters. The Morgan fingerprint density at radius 1 is 0.952 bits per heavy atom. The van der Waals surface area contributed by atoms with Gasteiger partial charge in [-0.05, 0) is 80.0 Å². The van der Waals surface area contributed by atoms with Crippen molar-refractivity contribution in [2.24, 2.45) is 17.6 Å². The van der Waals surface area contributed by atoms with Crippen LogP contribution in [0.5, 0.6) is 28.7 Å². The van der Waals surface area contributed by atoms with Crippen LogP contribution < -0.4 is 40.6 Å². The number of carbonyl (C=O) groups is 2. The minimum absolute atomic E-state index is 0.0872. The molecule has 0 aromatic heterocycles. The summed E-state index contributed by atoms with van der Waals surface area (Å²) in [4.78, 5) is 26.4. The molecule has 3 aliphatic rings. The first-order valence-electron chi connectivity index (χ1n) is 14.4.